The third-order valence-electron chi connectivity index (χ3n) is 3.86. The molecule has 0 radical (unpaired) electrons. The predicted octanol–water partition coefficient (Wildman–Crippen LogP) is -0.252. The summed E-state index contributed by atoms with van der Waals surface area (Å²) >= 11 is 0. The summed E-state index contributed by atoms with van der Waals surface area (Å²) in [5.41, 5.74) is 0. The molecule has 0 amide bonds. The van der Waals surface area contributed by atoms with Crippen molar-refractivity contribution in [3.63, 3.8) is 0 Å². The molecule has 1 aliphatic rings. The monoisotopic (exact) mass is 320 g/mol. The number of halogens is 1. The number of unbranched alkanes of at least 4 members (excludes halogenated alkanes) is 9. The first-order valence-electron chi connectivity index (χ1n) is 7.97. The molecule has 0 aliphatic carbocycles. The number of nitrogens with two attached hydrogens (primary N) is 1. The lowest BCUT2D eigenvalue weighted by Gasteiger charge is -2.10. The van der Waals surface area contributed by atoms with Crippen LogP contribution in [0, 0.1) is 0 Å². The molecule has 3 heteroatoms. The molecule has 0 saturated carbocycles. The van der Waals surface area contributed by atoms with E-state index < -0.39 is 0 Å². The van der Waals surface area contributed by atoms with E-state index in [2.05, 4.69) is 17.1 Å². The Morgan fingerprint density at radius 1 is 0.833 bits per heavy atom. The average Bonchev–Trinajstić information content (AvgIpc) is 2.85. The van der Waals surface area contributed by atoms with Crippen LogP contribution in [0.4, 0.5) is 0 Å². The van der Waals surface area contributed by atoms with Gasteiger partial charge in [0.05, 0.1) is 13.1 Å². The van der Waals surface area contributed by atoms with E-state index in [1.807, 2.05) is 0 Å². The van der Waals surface area contributed by atoms with Gasteiger partial charge in [0.25, 0.3) is 0 Å². The van der Waals surface area contributed by atoms with Crippen LogP contribution in [-0.4, -0.2) is 31.2 Å². The van der Waals surface area contributed by atoms with Gasteiger partial charge in [0, 0.05) is 6.54 Å². The van der Waals surface area contributed by atoms with Gasteiger partial charge in [-0.1, -0.05) is 64.7 Å². The van der Waals surface area contributed by atoms with Crippen molar-refractivity contribution in [2.45, 2.75) is 71.1 Å². The molecule has 1 fully saturated rings. The molecule has 1 heterocycles. The Labute approximate surface area is 125 Å². The second-order valence-corrected chi connectivity index (χ2v) is 5.56. The normalized spacial score (nSPS) is 15.8. The van der Waals surface area contributed by atoms with E-state index in [0.29, 0.717) is 0 Å². The molecule has 1 rings (SSSR count). The zero-order valence-corrected chi connectivity index (χ0v) is 13.9. The van der Waals surface area contributed by atoms with Crippen molar-refractivity contribution in [3.8, 4) is 0 Å². The van der Waals surface area contributed by atoms with E-state index in [-0.39, 0.29) is 17.0 Å². The van der Waals surface area contributed by atoms with Crippen LogP contribution in [0.15, 0.2) is 0 Å². The fourth-order valence-corrected chi connectivity index (χ4v) is 2.66. The summed E-state index contributed by atoms with van der Waals surface area (Å²) < 4.78 is 0. The molecular weight excluding hydrogens is 288 g/mol. The van der Waals surface area contributed by atoms with Crippen LogP contribution in [0.1, 0.15) is 71.1 Å². The third kappa shape index (κ3) is 10.3. The molecule has 1 aliphatic heterocycles. The van der Waals surface area contributed by atoms with Crippen LogP contribution < -0.4 is 22.3 Å². The molecular formula is C15H33BrN2. The molecule has 0 aromatic heterocycles. The van der Waals surface area contributed by atoms with Gasteiger partial charge in [-0.15, -0.1) is 0 Å². The van der Waals surface area contributed by atoms with Crippen LogP contribution in [0.2, 0.25) is 0 Å². The van der Waals surface area contributed by atoms with Crippen molar-refractivity contribution in [3.05, 3.63) is 0 Å². The molecule has 0 spiro atoms. The van der Waals surface area contributed by atoms with Crippen LogP contribution in [-0.2, 0) is 0 Å². The van der Waals surface area contributed by atoms with Gasteiger partial charge in [-0.2, -0.15) is 0 Å². The highest BCUT2D eigenvalue weighted by Crippen LogP contribution is 2.10. The van der Waals surface area contributed by atoms with Gasteiger partial charge in [0.2, 0.25) is 0 Å². The lowest BCUT2D eigenvalue weighted by Crippen LogP contribution is -3.00. The van der Waals surface area contributed by atoms with Gasteiger partial charge in [0.1, 0.15) is 6.67 Å². The van der Waals surface area contributed by atoms with E-state index in [4.69, 9.17) is 0 Å². The number of rotatable bonds is 11. The molecule has 2 nitrogen and oxygen atoms in total. The van der Waals surface area contributed by atoms with E-state index in [0.717, 1.165) is 0 Å². The van der Waals surface area contributed by atoms with Crippen molar-refractivity contribution < 1.29 is 22.3 Å². The fraction of sp³-hybridized carbons (Fsp3) is 1.00. The Balaban J connectivity index is 0.00000289. The number of quaternary nitrogens is 1. The Kier molecular flexibility index (Phi) is 14.1. The zero-order chi connectivity index (χ0) is 12.2. The first-order chi connectivity index (χ1) is 8.43. The number of hydrogen-bond donors (Lipinski definition) is 1. The van der Waals surface area contributed by atoms with Crippen molar-refractivity contribution >= 4 is 0 Å². The van der Waals surface area contributed by atoms with Gasteiger partial charge in [0.15, 0.2) is 0 Å². The molecule has 0 aromatic rings. The highest BCUT2D eigenvalue weighted by Gasteiger charge is 2.12. The Morgan fingerprint density at radius 2 is 1.39 bits per heavy atom. The third-order valence-corrected chi connectivity index (χ3v) is 3.86. The lowest BCUT2D eigenvalue weighted by atomic mass is 10.1. The first kappa shape index (κ1) is 18.4. The summed E-state index contributed by atoms with van der Waals surface area (Å²) in [6.45, 7) is 7.51. The summed E-state index contributed by atoms with van der Waals surface area (Å²) in [6.07, 6.45) is 14.5. The van der Waals surface area contributed by atoms with Gasteiger partial charge < -0.3 is 22.3 Å². The summed E-state index contributed by atoms with van der Waals surface area (Å²) in [5, 5.41) is 2.41. The van der Waals surface area contributed by atoms with Crippen molar-refractivity contribution in [1.82, 2.24) is 4.90 Å². The van der Waals surface area contributed by atoms with Crippen LogP contribution >= 0.6 is 0 Å². The van der Waals surface area contributed by atoms with Crippen LogP contribution in [0.25, 0.3) is 0 Å². The second-order valence-electron chi connectivity index (χ2n) is 5.56. The summed E-state index contributed by atoms with van der Waals surface area (Å²) in [6, 6.07) is 0. The largest absolute Gasteiger partial charge is 1.00 e. The SMILES string of the molecule is CCCCCCCCCCCCN1CC[NH2+]C1.[Br-]. The first-order valence-corrected chi connectivity index (χ1v) is 7.97. The maximum Gasteiger partial charge on any atom is 0.132 e. The van der Waals surface area contributed by atoms with Crippen molar-refractivity contribution in [2.75, 3.05) is 26.3 Å². The Hall–Kier alpha value is 0.400. The maximum absolute atomic E-state index is 2.59. The van der Waals surface area contributed by atoms with Gasteiger partial charge >= 0.3 is 0 Å². The minimum absolute atomic E-state index is 0. The van der Waals surface area contributed by atoms with Crippen molar-refractivity contribution in [1.29, 1.82) is 0 Å². The highest BCUT2D eigenvalue weighted by molar-refractivity contribution is 4.55. The van der Waals surface area contributed by atoms with Crippen LogP contribution in [0.5, 0.6) is 0 Å². The molecule has 110 valence electrons. The van der Waals surface area contributed by atoms with Gasteiger partial charge in [-0.25, -0.2) is 0 Å². The van der Waals surface area contributed by atoms with E-state index in [1.54, 1.807) is 0 Å². The Morgan fingerprint density at radius 3 is 1.89 bits per heavy atom. The highest BCUT2D eigenvalue weighted by atomic mass is 79.9. The molecule has 2 N–H and O–H groups in total. The molecule has 0 bridgehead atoms. The van der Waals surface area contributed by atoms with Gasteiger partial charge in [-0.05, 0) is 6.42 Å². The van der Waals surface area contributed by atoms with Crippen molar-refractivity contribution in [2.24, 2.45) is 0 Å². The van der Waals surface area contributed by atoms with E-state index in [9.17, 15) is 0 Å². The zero-order valence-electron chi connectivity index (χ0n) is 12.3. The van der Waals surface area contributed by atoms with E-state index in [1.165, 1.54) is 90.5 Å². The van der Waals surface area contributed by atoms with E-state index >= 15 is 0 Å². The summed E-state index contributed by atoms with van der Waals surface area (Å²) in [4.78, 5) is 2.59. The predicted molar refractivity (Wildman–Crippen MR) is 75.1 cm³/mol. The smallest absolute Gasteiger partial charge is 0.132 e. The quantitative estimate of drug-likeness (QED) is 0.520. The molecule has 0 unspecified atom stereocenters. The molecule has 18 heavy (non-hydrogen) atoms. The second kappa shape index (κ2) is 13.8. The molecule has 0 atom stereocenters. The summed E-state index contributed by atoms with van der Waals surface area (Å²) in [7, 11) is 0. The van der Waals surface area contributed by atoms with Crippen LogP contribution in [0.3, 0.4) is 0 Å². The standard InChI is InChI=1S/C15H32N2.BrH/c1-2-3-4-5-6-7-8-9-10-11-13-17-14-12-16-15-17;/h16H,2-15H2,1H3;1H. The maximum atomic E-state index is 2.59. The molecule has 0 aromatic carbocycles. The number of hydrogen-bond acceptors (Lipinski definition) is 1. The molecule has 1 saturated heterocycles. The summed E-state index contributed by atoms with van der Waals surface area (Å²) in [5.74, 6) is 0. The Bertz CT molecular complexity index is 159. The minimum atomic E-state index is 0. The number of nitrogens with zero attached hydrogens (tertiary/aromatic N) is 1. The average molecular weight is 321 g/mol. The fourth-order valence-electron chi connectivity index (χ4n) is 2.66. The minimum Gasteiger partial charge on any atom is -1.00 e. The topological polar surface area (TPSA) is 19.9 Å². The lowest BCUT2D eigenvalue weighted by molar-refractivity contribution is -0.642. The van der Waals surface area contributed by atoms with Gasteiger partial charge in [-0.3, -0.25) is 4.90 Å².